The smallest absolute Gasteiger partial charge is 0.161 e. The van der Waals surface area contributed by atoms with E-state index in [1.54, 1.807) is 19.2 Å². The van der Waals surface area contributed by atoms with Gasteiger partial charge in [0.2, 0.25) is 0 Å². The number of Topliss-reactive ketones (excluding diaryl/α,β-unsaturated/α-hetero) is 1. The summed E-state index contributed by atoms with van der Waals surface area (Å²) in [5, 5.41) is 8.14. The molecule has 0 fully saturated rings. The zero-order valence-electron chi connectivity index (χ0n) is 9.06. The molecule has 2 rings (SSSR count). The van der Waals surface area contributed by atoms with Gasteiger partial charge in [-0.05, 0) is 19.1 Å². The Morgan fingerprint density at radius 2 is 2.07 bits per heavy atom. The summed E-state index contributed by atoms with van der Waals surface area (Å²) in [6.07, 6.45) is 1.80. The fourth-order valence-corrected chi connectivity index (χ4v) is 1.51. The van der Waals surface area contributed by atoms with Crippen LogP contribution in [0.3, 0.4) is 0 Å². The molecule has 4 nitrogen and oxygen atoms in total. The summed E-state index contributed by atoms with van der Waals surface area (Å²) in [6, 6.07) is 3.59. The lowest BCUT2D eigenvalue weighted by Gasteiger charge is -2.03. The molecule has 15 heavy (non-hydrogen) atoms. The van der Waals surface area contributed by atoms with Crippen LogP contribution in [0.4, 0.5) is 0 Å². The van der Waals surface area contributed by atoms with Gasteiger partial charge >= 0.3 is 0 Å². The summed E-state index contributed by atoms with van der Waals surface area (Å²) >= 11 is 0. The molecule has 4 heteroatoms. The summed E-state index contributed by atoms with van der Waals surface area (Å²) in [4.78, 5) is 11.2. The maximum Gasteiger partial charge on any atom is 0.161 e. The highest BCUT2D eigenvalue weighted by molar-refractivity contribution is 5.94. The van der Waals surface area contributed by atoms with Crippen molar-refractivity contribution in [3.63, 3.8) is 0 Å². The fraction of sp³-hybridized carbons (Fsp3) is 0.364. The molecule has 0 atom stereocenters. The van der Waals surface area contributed by atoms with E-state index in [0.29, 0.717) is 11.5 Å². The van der Waals surface area contributed by atoms with Gasteiger partial charge in [-0.25, -0.2) is 0 Å². The van der Waals surface area contributed by atoms with Crippen molar-refractivity contribution < 1.29 is 4.79 Å². The number of fused-ring (bicyclic) bond motifs is 1. The molecule has 0 amide bonds. The van der Waals surface area contributed by atoms with Gasteiger partial charge in [-0.15, -0.1) is 10.2 Å². The van der Waals surface area contributed by atoms with Crippen molar-refractivity contribution in [1.82, 2.24) is 14.6 Å². The van der Waals surface area contributed by atoms with Crippen LogP contribution in [0.25, 0.3) is 5.65 Å². The third-order valence-corrected chi connectivity index (χ3v) is 2.35. The molecule has 0 unspecified atom stereocenters. The lowest BCUT2D eigenvalue weighted by molar-refractivity contribution is 0.101. The van der Waals surface area contributed by atoms with E-state index < -0.39 is 0 Å². The SMILES string of the molecule is CC(=O)c1ccc2nnc(C(C)C)n2c1. The first-order valence-electron chi connectivity index (χ1n) is 4.95. The van der Waals surface area contributed by atoms with Crippen LogP contribution in [0.5, 0.6) is 0 Å². The van der Waals surface area contributed by atoms with Crippen molar-refractivity contribution in [3.05, 3.63) is 29.7 Å². The number of nitrogens with zero attached hydrogens (tertiary/aromatic N) is 3. The zero-order chi connectivity index (χ0) is 11.0. The number of carbonyl (C=O) groups is 1. The average Bonchev–Trinajstić information content (AvgIpc) is 2.59. The van der Waals surface area contributed by atoms with E-state index in [4.69, 9.17) is 0 Å². The van der Waals surface area contributed by atoms with E-state index in [1.807, 2.05) is 10.5 Å². The first-order valence-corrected chi connectivity index (χ1v) is 4.95. The second-order valence-corrected chi connectivity index (χ2v) is 3.92. The van der Waals surface area contributed by atoms with E-state index in [9.17, 15) is 4.79 Å². The first-order chi connectivity index (χ1) is 7.09. The molecule has 78 valence electrons. The van der Waals surface area contributed by atoms with E-state index >= 15 is 0 Å². The van der Waals surface area contributed by atoms with Crippen LogP contribution < -0.4 is 0 Å². The molecule has 0 aromatic carbocycles. The van der Waals surface area contributed by atoms with Crippen LogP contribution in [-0.4, -0.2) is 20.4 Å². The highest BCUT2D eigenvalue weighted by Crippen LogP contribution is 2.14. The highest BCUT2D eigenvalue weighted by atomic mass is 16.1. The Kier molecular flexibility index (Phi) is 2.26. The van der Waals surface area contributed by atoms with Crippen LogP contribution in [0.15, 0.2) is 18.3 Å². The van der Waals surface area contributed by atoms with Crippen molar-refractivity contribution >= 4 is 11.4 Å². The summed E-state index contributed by atoms with van der Waals surface area (Å²) in [7, 11) is 0. The zero-order valence-corrected chi connectivity index (χ0v) is 9.06. The molecular weight excluding hydrogens is 190 g/mol. The summed E-state index contributed by atoms with van der Waals surface area (Å²) in [6.45, 7) is 5.66. The van der Waals surface area contributed by atoms with Gasteiger partial charge < -0.3 is 0 Å². The molecule has 0 aliphatic carbocycles. The molecule has 0 radical (unpaired) electrons. The van der Waals surface area contributed by atoms with Crippen LogP contribution in [-0.2, 0) is 0 Å². The van der Waals surface area contributed by atoms with Gasteiger partial charge in [0.25, 0.3) is 0 Å². The van der Waals surface area contributed by atoms with Gasteiger partial charge in [0.15, 0.2) is 11.4 Å². The van der Waals surface area contributed by atoms with Crippen molar-refractivity contribution in [2.24, 2.45) is 0 Å². The van der Waals surface area contributed by atoms with Crippen molar-refractivity contribution in [2.75, 3.05) is 0 Å². The third kappa shape index (κ3) is 1.63. The normalized spacial score (nSPS) is 11.2. The van der Waals surface area contributed by atoms with Gasteiger partial charge in [-0.1, -0.05) is 13.8 Å². The van der Waals surface area contributed by atoms with Crippen molar-refractivity contribution in [1.29, 1.82) is 0 Å². The number of hydrogen-bond acceptors (Lipinski definition) is 3. The Hall–Kier alpha value is -1.71. The number of carbonyl (C=O) groups excluding carboxylic acids is 1. The molecule has 0 saturated heterocycles. The maximum atomic E-state index is 11.2. The molecule has 2 aromatic heterocycles. The third-order valence-electron chi connectivity index (χ3n) is 2.35. The molecular formula is C11H13N3O. The molecule has 0 N–H and O–H groups in total. The Labute approximate surface area is 87.9 Å². The van der Waals surface area contributed by atoms with Gasteiger partial charge in [-0.3, -0.25) is 9.20 Å². The van der Waals surface area contributed by atoms with Crippen molar-refractivity contribution in [3.8, 4) is 0 Å². The highest BCUT2D eigenvalue weighted by Gasteiger charge is 2.10. The van der Waals surface area contributed by atoms with Gasteiger partial charge in [-0.2, -0.15) is 0 Å². The van der Waals surface area contributed by atoms with Crippen LogP contribution in [0.2, 0.25) is 0 Å². The summed E-state index contributed by atoms with van der Waals surface area (Å²) in [5.74, 6) is 1.23. The predicted molar refractivity (Wildman–Crippen MR) is 57.1 cm³/mol. The van der Waals surface area contributed by atoms with Crippen molar-refractivity contribution in [2.45, 2.75) is 26.7 Å². The van der Waals surface area contributed by atoms with Crippen LogP contribution >= 0.6 is 0 Å². The lowest BCUT2D eigenvalue weighted by atomic mass is 10.2. The summed E-state index contributed by atoms with van der Waals surface area (Å²) in [5.41, 5.74) is 1.47. The molecule has 0 aliphatic heterocycles. The van der Waals surface area contributed by atoms with E-state index in [2.05, 4.69) is 24.0 Å². The number of rotatable bonds is 2. The Balaban J connectivity index is 2.66. The topological polar surface area (TPSA) is 47.3 Å². The molecule has 0 aliphatic rings. The second kappa shape index (κ2) is 3.46. The number of hydrogen-bond donors (Lipinski definition) is 0. The average molecular weight is 203 g/mol. The van der Waals surface area contributed by atoms with E-state index in [-0.39, 0.29) is 5.78 Å². The van der Waals surface area contributed by atoms with Crippen LogP contribution in [0, 0.1) is 0 Å². The minimum atomic E-state index is 0.0558. The van der Waals surface area contributed by atoms with Gasteiger partial charge in [0.1, 0.15) is 5.82 Å². The Morgan fingerprint density at radius 1 is 1.33 bits per heavy atom. The standard InChI is InChI=1S/C11H13N3O/c1-7(2)11-13-12-10-5-4-9(8(3)15)6-14(10)11/h4-7H,1-3H3. The molecule has 0 saturated carbocycles. The molecule has 0 bridgehead atoms. The minimum absolute atomic E-state index is 0.0558. The largest absolute Gasteiger partial charge is 0.294 e. The monoisotopic (exact) mass is 203 g/mol. The van der Waals surface area contributed by atoms with Crippen LogP contribution in [0.1, 0.15) is 42.9 Å². The summed E-state index contributed by atoms with van der Waals surface area (Å²) < 4.78 is 1.88. The Bertz CT molecular complexity index is 514. The number of ketones is 1. The molecule has 0 spiro atoms. The number of pyridine rings is 1. The fourth-order valence-electron chi connectivity index (χ4n) is 1.51. The Morgan fingerprint density at radius 3 is 2.67 bits per heavy atom. The van der Waals surface area contributed by atoms with Gasteiger partial charge in [0.05, 0.1) is 0 Å². The van der Waals surface area contributed by atoms with E-state index in [1.165, 1.54) is 0 Å². The predicted octanol–water partition coefficient (Wildman–Crippen LogP) is 2.06. The van der Waals surface area contributed by atoms with Gasteiger partial charge in [0, 0.05) is 17.7 Å². The molecule has 2 heterocycles. The van der Waals surface area contributed by atoms with E-state index in [0.717, 1.165) is 11.5 Å². The quantitative estimate of drug-likeness (QED) is 0.702. The molecule has 2 aromatic rings. The second-order valence-electron chi connectivity index (χ2n) is 3.92. The first kappa shape index (κ1) is 9.83. The maximum absolute atomic E-state index is 11.2. The minimum Gasteiger partial charge on any atom is -0.294 e. The lowest BCUT2D eigenvalue weighted by Crippen LogP contribution is -2.00. The number of aromatic nitrogens is 3.